The van der Waals surface area contributed by atoms with E-state index >= 15 is 0 Å². The lowest BCUT2D eigenvalue weighted by atomic mass is 10.2. The zero-order chi connectivity index (χ0) is 30.1. The maximum atomic E-state index is 11.4. The zero-order valence-electron chi connectivity index (χ0n) is 25.1. The lowest BCUT2D eigenvalue weighted by molar-refractivity contribution is -0.137. The van der Waals surface area contributed by atoms with Gasteiger partial charge in [0.2, 0.25) is 0 Å². The molecular weight excluding hydrogens is 554 g/mol. The Morgan fingerprint density at radius 2 is 0.905 bits per heavy atom. The molecule has 1 aliphatic rings. The van der Waals surface area contributed by atoms with Gasteiger partial charge in [0.05, 0.1) is 79.2 Å². The van der Waals surface area contributed by atoms with Gasteiger partial charge >= 0.3 is 0 Å². The van der Waals surface area contributed by atoms with Gasteiger partial charge in [0, 0.05) is 12.2 Å². The van der Waals surface area contributed by atoms with E-state index in [4.69, 9.17) is 28.1 Å². The molecule has 0 aliphatic carbocycles. The molecule has 0 saturated carbocycles. The minimum absolute atomic E-state index is 0.0613. The van der Waals surface area contributed by atoms with E-state index in [1.807, 2.05) is 12.1 Å². The van der Waals surface area contributed by atoms with Crippen LogP contribution in [-0.4, -0.2) is 104 Å². The second kappa shape index (κ2) is 18.1. The molecular formula is C32H45NO8Si. The van der Waals surface area contributed by atoms with Crippen LogP contribution in [0.3, 0.4) is 0 Å². The molecule has 2 aromatic rings. The molecule has 2 amide bonds. The number of ether oxygens (including phenoxy) is 5. The molecule has 10 heteroatoms. The Balaban J connectivity index is 1.20. The van der Waals surface area contributed by atoms with Gasteiger partial charge in [0.1, 0.15) is 0 Å². The van der Waals surface area contributed by atoms with Crippen LogP contribution in [0.1, 0.15) is 20.8 Å². The van der Waals surface area contributed by atoms with Crippen molar-refractivity contribution < 1.29 is 37.7 Å². The van der Waals surface area contributed by atoms with Crippen LogP contribution in [0.2, 0.25) is 5.04 Å². The summed E-state index contributed by atoms with van der Waals surface area (Å²) in [5.74, 6) is -0.601. The monoisotopic (exact) mass is 599 g/mol. The maximum Gasteiger partial charge on any atom is 0.261 e. The first kappa shape index (κ1) is 33.8. The Morgan fingerprint density at radius 3 is 1.29 bits per heavy atom. The number of imide groups is 1. The fourth-order valence-electron chi connectivity index (χ4n) is 4.80. The molecule has 0 bridgehead atoms. The number of hydrogen-bond acceptors (Lipinski definition) is 8. The van der Waals surface area contributed by atoms with Gasteiger partial charge in [-0.3, -0.25) is 14.5 Å². The van der Waals surface area contributed by atoms with Gasteiger partial charge in [0.25, 0.3) is 20.1 Å². The van der Waals surface area contributed by atoms with Crippen LogP contribution in [0.4, 0.5) is 0 Å². The maximum absolute atomic E-state index is 11.4. The molecule has 0 fully saturated rings. The third kappa shape index (κ3) is 10.2. The Labute approximate surface area is 250 Å². The summed E-state index contributed by atoms with van der Waals surface area (Å²) >= 11 is 0. The molecule has 9 nitrogen and oxygen atoms in total. The van der Waals surface area contributed by atoms with Crippen molar-refractivity contribution in [3.8, 4) is 0 Å². The first-order valence-electron chi connectivity index (χ1n) is 14.5. The van der Waals surface area contributed by atoms with Crippen molar-refractivity contribution in [3.63, 3.8) is 0 Å². The Hall–Kier alpha value is -2.70. The van der Waals surface area contributed by atoms with Gasteiger partial charge in [-0.05, 0) is 15.4 Å². The summed E-state index contributed by atoms with van der Waals surface area (Å²) in [6.07, 6.45) is 2.53. The van der Waals surface area contributed by atoms with Crippen LogP contribution in [0.25, 0.3) is 0 Å². The van der Waals surface area contributed by atoms with E-state index in [2.05, 4.69) is 69.3 Å². The predicted octanol–water partition coefficient (Wildman–Crippen LogP) is 2.57. The van der Waals surface area contributed by atoms with Crippen LogP contribution in [-0.2, 0) is 37.7 Å². The van der Waals surface area contributed by atoms with Crippen LogP contribution in [0.5, 0.6) is 0 Å². The molecule has 0 unspecified atom stereocenters. The Morgan fingerprint density at radius 1 is 0.548 bits per heavy atom. The lowest BCUT2D eigenvalue weighted by Crippen LogP contribution is -2.66. The fraction of sp³-hybridized carbons (Fsp3) is 0.500. The third-order valence-corrected chi connectivity index (χ3v) is 11.9. The smallest absolute Gasteiger partial charge is 0.261 e. The van der Waals surface area contributed by atoms with Crippen LogP contribution >= 0.6 is 0 Å². The van der Waals surface area contributed by atoms with Gasteiger partial charge in [-0.15, -0.1) is 0 Å². The number of carbonyl (C=O) groups excluding carboxylic acids is 2. The summed E-state index contributed by atoms with van der Waals surface area (Å²) in [6.45, 7) is 12.0. The highest BCUT2D eigenvalue weighted by Crippen LogP contribution is 2.36. The van der Waals surface area contributed by atoms with Crippen LogP contribution < -0.4 is 10.4 Å². The van der Waals surface area contributed by atoms with Gasteiger partial charge in [0.15, 0.2) is 0 Å². The SMILES string of the molecule is CC(C)(C)[Si](OCCOCCOCCOCCOCCOCCN1C(=O)C=CC1=O)(c1ccccc1)c1ccccc1. The van der Waals surface area contributed by atoms with Crippen molar-refractivity contribution in [2.45, 2.75) is 25.8 Å². The molecule has 3 rings (SSSR count). The highest BCUT2D eigenvalue weighted by atomic mass is 28.4. The average molecular weight is 600 g/mol. The molecule has 2 aromatic carbocycles. The summed E-state index contributed by atoms with van der Waals surface area (Å²) in [5, 5.41) is 2.46. The van der Waals surface area contributed by atoms with Crippen molar-refractivity contribution in [1.29, 1.82) is 0 Å². The van der Waals surface area contributed by atoms with Crippen molar-refractivity contribution in [2.75, 3.05) is 79.2 Å². The first-order chi connectivity index (χ1) is 20.4. The minimum Gasteiger partial charge on any atom is -0.405 e. The second-order valence-corrected chi connectivity index (χ2v) is 15.0. The van der Waals surface area contributed by atoms with Gasteiger partial charge in [-0.1, -0.05) is 81.4 Å². The number of rotatable bonds is 21. The van der Waals surface area contributed by atoms with Crippen molar-refractivity contribution >= 4 is 30.5 Å². The van der Waals surface area contributed by atoms with E-state index in [1.165, 1.54) is 22.5 Å². The molecule has 0 saturated heterocycles. The van der Waals surface area contributed by atoms with E-state index in [-0.39, 0.29) is 30.0 Å². The molecule has 0 N–H and O–H groups in total. The summed E-state index contributed by atoms with van der Waals surface area (Å²) < 4.78 is 34.6. The average Bonchev–Trinajstić information content (AvgIpc) is 3.31. The highest BCUT2D eigenvalue weighted by Gasteiger charge is 2.50. The molecule has 0 radical (unpaired) electrons. The first-order valence-corrected chi connectivity index (χ1v) is 16.4. The largest absolute Gasteiger partial charge is 0.405 e. The Bertz CT molecular complexity index is 1030. The number of amides is 2. The number of nitrogens with zero attached hydrogens (tertiary/aromatic N) is 1. The van der Waals surface area contributed by atoms with E-state index in [1.54, 1.807) is 0 Å². The number of carbonyl (C=O) groups is 2. The summed E-state index contributed by atoms with van der Waals surface area (Å²) in [6, 6.07) is 21.2. The fourth-order valence-corrected chi connectivity index (χ4v) is 9.35. The van der Waals surface area contributed by atoms with E-state index in [0.717, 1.165) is 4.90 Å². The molecule has 1 heterocycles. The highest BCUT2D eigenvalue weighted by molar-refractivity contribution is 6.99. The molecule has 0 atom stereocenters. The molecule has 0 spiro atoms. The molecule has 0 aromatic heterocycles. The van der Waals surface area contributed by atoms with Gasteiger partial charge < -0.3 is 28.1 Å². The zero-order valence-corrected chi connectivity index (χ0v) is 26.1. The summed E-state index contributed by atoms with van der Waals surface area (Å²) in [7, 11) is -2.54. The van der Waals surface area contributed by atoms with E-state index in [9.17, 15) is 9.59 Å². The lowest BCUT2D eigenvalue weighted by Gasteiger charge is -2.43. The van der Waals surface area contributed by atoms with E-state index in [0.29, 0.717) is 66.1 Å². The van der Waals surface area contributed by atoms with Crippen molar-refractivity contribution in [1.82, 2.24) is 4.90 Å². The van der Waals surface area contributed by atoms with E-state index < -0.39 is 8.32 Å². The summed E-state index contributed by atoms with van der Waals surface area (Å²) in [4.78, 5) is 24.0. The number of hydrogen-bond donors (Lipinski definition) is 0. The van der Waals surface area contributed by atoms with Crippen LogP contribution in [0, 0.1) is 0 Å². The molecule has 230 valence electrons. The standard InChI is InChI=1S/C32H45NO8Si/c1-32(2,3)42(28-10-6-4-7-11-28,29-12-8-5-9-13-29)41-27-26-40-25-24-39-23-22-38-21-20-37-19-18-36-17-16-33-30(34)14-15-31(33)35/h4-15H,16-27H2,1-3H3. The topological polar surface area (TPSA) is 92.8 Å². The Kier molecular flexibility index (Phi) is 14.5. The minimum atomic E-state index is -2.54. The third-order valence-electron chi connectivity index (χ3n) is 6.81. The quantitative estimate of drug-likeness (QED) is 0.123. The van der Waals surface area contributed by atoms with Gasteiger partial charge in [-0.2, -0.15) is 0 Å². The molecule has 42 heavy (non-hydrogen) atoms. The van der Waals surface area contributed by atoms with Crippen molar-refractivity contribution in [3.05, 3.63) is 72.8 Å². The normalized spacial score (nSPS) is 13.8. The van der Waals surface area contributed by atoms with Crippen LogP contribution in [0.15, 0.2) is 72.8 Å². The number of benzene rings is 2. The predicted molar refractivity (Wildman–Crippen MR) is 164 cm³/mol. The molecule has 1 aliphatic heterocycles. The van der Waals surface area contributed by atoms with Gasteiger partial charge in [-0.25, -0.2) is 0 Å². The van der Waals surface area contributed by atoms with Crippen molar-refractivity contribution in [2.24, 2.45) is 0 Å². The summed E-state index contributed by atoms with van der Waals surface area (Å²) in [5.41, 5.74) is 0. The second-order valence-electron chi connectivity index (χ2n) is 10.7.